The van der Waals surface area contributed by atoms with Crippen LogP contribution in [0.15, 0.2) is 0 Å². The summed E-state index contributed by atoms with van der Waals surface area (Å²) in [5.74, 6) is -1.27. The molecule has 0 aromatic heterocycles. The van der Waals surface area contributed by atoms with Crippen LogP contribution in [0.4, 0.5) is 0 Å². The standard InChI is InChI=1S/C4H11NO8P2.2H2N.Pt/c6-4(7)1-5(2-14(8,9)10)3-15(11,12)13;;;/h1-3H2,(H,6,7)(H2,8,9,10)(H2,11,12,13);2*1H2;/q;2*-1;+2/p-2. The van der Waals surface area contributed by atoms with E-state index in [0.29, 0.717) is 4.90 Å². The number of nitrogens with zero attached hydrogens (tertiary/aromatic N) is 1. The van der Waals surface area contributed by atoms with Gasteiger partial charge in [-0.1, -0.05) is 7.60 Å². The number of carbonyl (C=O) groups is 1. The Kier molecular flexibility index (Phi) is 15.1. The Labute approximate surface area is 117 Å². The van der Waals surface area contributed by atoms with Crippen LogP contribution in [0.2, 0.25) is 0 Å². The first-order valence-electron chi connectivity index (χ1n) is 3.50. The minimum absolute atomic E-state index is 0. The molecule has 14 heteroatoms. The molecule has 7 N–H and O–H groups in total. The molecule has 0 spiro atoms. The van der Waals surface area contributed by atoms with Gasteiger partial charge in [-0.25, -0.2) is 0 Å². The van der Waals surface area contributed by atoms with Gasteiger partial charge in [0.15, 0.2) is 6.54 Å². The van der Waals surface area contributed by atoms with Crippen LogP contribution in [0.5, 0.6) is 0 Å². The van der Waals surface area contributed by atoms with E-state index >= 15 is 0 Å². The fourth-order valence-corrected chi connectivity index (χ4v) is 2.40. The van der Waals surface area contributed by atoms with Gasteiger partial charge in [-0.05, 0) is 0 Å². The second-order valence-corrected chi connectivity index (χ2v) is 5.85. The van der Waals surface area contributed by atoms with Crippen LogP contribution in [0.25, 0.3) is 12.3 Å². The molecule has 0 aromatic rings. The molecule has 18 heavy (non-hydrogen) atoms. The van der Waals surface area contributed by atoms with Crippen molar-refractivity contribution < 1.29 is 59.7 Å². The SMILES string of the molecule is O=C([OH2+])CN(CP(=O)([O-])[O-])CP([O-])([O-])=[OH+].[NH2-].[NH2-].[Pt+2]. The zero-order valence-electron chi connectivity index (χ0n) is 8.83. The summed E-state index contributed by atoms with van der Waals surface area (Å²) in [5.41, 5.74) is 0. The van der Waals surface area contributed by atoms with Crippen molar-refractivity contribution in [2.45, 2.75) is 0 Å². The monoisotopic (exact) mass is 488 g/mol. The van der Waals surface area contributed by atoms with Gasteiger partial charge in [0.2, 0.25) is 0 Å². The third-order valence-electron chi connectivity index (χ3n) is 1.12. The summed E-state index contributed by atoms with van der Waals surface area (Å²) in [7, 11) is -9.87. The summed E-state index contributed by atoms with van der Waals surface area (Å²) in [6.45, 7) is -0.860. The summed E-state index contributed by atoms with van der Waals surface area (Å²) in [6.07, 6.45) is -2.39. The van der Waals surface area contributed by atoms with Crippen LogP contribution >= 0.6 is 15.2 Å². The van der Waals surface area contributed by atoms with E-state index in [1.165, 1.54) is 0 Å². The molecule has 0 aliphatic carbocycles. The number of rotatable bonds is 6. The summed E-state index contributed by atoms with van der Waals surface area (Å²) in [6, 6.07) is 0. The molecular formula is C4H13N3O8P2Pt-2. The number of hydrogen-bond donors (Lipinski definition) is 0. The van der Waals surface area contributed by atoms with E-state index in [2.05, 4.69) is 0 Å². The quantitative estimate of drug-likeness (QED) is 0.271. The van der Waals surface area contributed by atoms with Gasteiger partial charge >= 0.3 is 27.0 Å². The largest absolute Gasteiger partial charge is 2.00 e. The summed E-state index contributed by atoms with van der Waals surface area (Å²) in [5, 5.41) is 6.48. The first kappa shape index (κ1) is 26.8. The van der Waals surface area contributed by atoms with E-state index in [9.17, 15) is 28.9 Å². The first-order valence-corrected chi connectivity index (χ1v) is 6.99. The molecule has 114 valence electrons. The van der Waals surface area contributed by atoms with Crippen LogP contribution in [0.1, 0.15) is 0 Å². The van der Waals surface area contributed by atoms with Crippen molar-refractivity contribution >= 4 is 21.2 Å². The molecular weight excluding hydrogens is 475 g/mol. The molecule has 11 nitrogen and oxygen atoms in total. The molecule has 0 radical (unpaired) electrons. The molecule has 0 amide bonds. The molecule has 0 heterocycles. The summed E-state index contributed by atoms with van der Waals surface area (Å²) in [4.78, 5) is 52.0. The van der Waals surface area contributed by atoms with Gasteiger partial charge in [0.25, 0.3) is 0 Å². The van der Waals surface area contributed by atoms with Crippen molar-refractivity contribution in [3.8, 4) is 0 Å². The van der Waals surface area contributed by atoms with Crippen molar-refractivity contribution in [2.75, 3.05) is 19.1 Å². The molecule has 0 aromatic carbocycles. The van der Waals surface area contributed by atoms with Crippen molar-refractivity contribution in [3.63, 3.8) is 0 Å². The molecule has 0 unspecified atom stereocenters. The third-order valence-corrected chi connectivity index (χ3v) is 2.62. The summed E-state index contributed by atoms with van der Waals surface area (Å²) < 4.78 is 18.7. The zero-order valence-corrected chi connectivity index (χ0v) is 12.9. The van der Waals surface area contributed by atoms with Crippen molar-refractivity contribution in [1.29, 1.82) is 0 Å². The van der Waals surface area contributed by atoms with E-state index in [0.717, 1.165) is 0 Å². The van der Waals surface area contributed by atoms with Gasteiger partial charge in [0, 0.05) is 11.1 Å². The average Bonchev–Trinajstić information content (AvgIpc) is 1.73. The Morgan fingerprint density at radius 3 is 1.78 bits per heavy atom. The Morgan fingerprint density at radius 1 is 1.17 bits per heavy atom. The Hall–Kier alpha value is 0.338. The van der Waals surface area contributed by atoms with Gasteiger partial charge in [-0.3, -0.25) is 4.90 Å². The molecule has 0 saturated carbocycles. The van der Waals surface area contributed by atoms with Crippen molar-refractivity contribution in [1.82, 2.24) is 4.90 Å². The van der Waals surface area contributed by atoms with Crippen LogP contribution in [-0.4, -0.2) is 39.7 Å². The second kappa shape index (κ2) is 10.2. The normalized spacial score (nSPS) is 10.9. The minimum Gasteiger partial charge on any atom is -0.810 e. The van der Waals surface area contributed by atoms with Gasteiger partial charge in [-0.15, -0.1) is 0 Å². The first-order chi connectivity index (χ1) is 6.49. The predicted molar refractivity (Wildman–Crippen MR) is 52.1 cm³/mol. The van der Waals surface area contributed by atoms with Crippen LogP contribution in [0, 0.1) is 0 Å². The summed E-state index contributed by atoms with van der Waals surface area (Å²) >= 11 is 0. The fourth-order valence-electron chi connectivity index (χ4n) is 0.846. The van der Waals surface area contributed by atoms with E-state index in [-0.39, 0.29) is 33.4 Å². The second-order valence-electron chi connectivity index (χ2n) is 2.78. The maximum Gasteiger partial charge on any atom is 2.00 e. The van der Waals surface area contributed by atoms with Gasteiger partial charge < -0.3 is 46.1 Å². The average molecular weight is 488 g/mol. The topological polar surface area (TPSA) is 241 Å². The number of hydrogen-bond acceptors (Lipinski definition) is 7. The molecule has 0 atom stereocenters. The van der Waals surface area contributed by atoms with Gasteiger partial charge in [0.05, 0.1) is 6.29 Å². The molecule has 0 aliphatic rings. The predicted octanol–water partition coefficient (Wildman–Crippen LogP) is -3.34. The van der Waals surface area contributed by atoms with Crippen LogP contribution < -0.4 is 19.6 Å². The van der Waals surface area contributed by atoms with E-state index in [1.54, 1.807) is 0 Å². The third kappa shape index (κ3) is 18.7. The number of carbonyl (C=O) groups excluding carboxylic acids is 1. The Balaban J connectivity index is -0.000000327. The molecule has 0 rings (SSSR count). The zero-order chi connectivity index (χ0) is 12.3. The van der Waals surface area contributed by atoms with Crippen molar-refractivity contribution in [3.05, 3.63) is 12.3 Å². The number of nitrogens with two attached hydrogens (primary N) is 2. The van der Waals surface area contributed by atoms with Crippen LogP contribution in [0.3, 0.4) is 0 Å². The van der Waals surface area contributed by atoms with Crippen molar-refractivity contribution in [2.24, 2.45) is 0 Å². The maximum atomic E-state index is 10.4. The van der Waals surface area contributed by atoms with E-state index in [4.69, 9.17) is 9.67 Å². The Morgan fingerprint density at radius 2 is 1.56 bits per heavy atom. The molecule has 0 bridgehead atoms. The molecule has 0 fully saturated rings. The Bertz CT molecular complexity index is 304. The van der Waals surface area contributed by atoms with Gasteiger partial charge in [-0.2, -0.15) is 0 Å². The molecule has 0 aliphatic heterocycles. The van der Waals surface area contributed by atoms with Crippen LogP contribution in [-0.2, 0) is 30.4 Å². The van der Waals surface area contributed by atoms with E-state index < -0.39 is 40.3 Å². The van der Waals surface area contributed by atoms with E-state index in [1.807, 2.05) is 0 Å². The minimum atomic E-state index is -5.04. The molecule has 0 saturated heterocycles. The maximum absolute atomic E-state index is 10.4. The smallest absolute Gasteiger partial charge is 0.810 e. The van der Waals surface area contributed by atoms with Gasteiger partial charge in [0.1, 0.15) is 7.60 Å². The fraction of sp³-hybridized carbons (Fsp3) is 0.750.